The Morgan fingerprint density at radius 2 is 2.10 bits per heavy atom. The normalized spacial score (nSPS) is 10.6. The zero-order valence-corrected chi connectivity index (χ0v) is 11.1. The molecule has 0 saturated heterocycles. The first kappa shape index (κ1) is 14.0. The molecule has 0 radical (unpaired) electrons. The smallest absolute Gasteiger partial charge is 0.274 e. The predicted molar refractivity (Wildman–Crippen MR) is 69.8 cm³/mol. The molecule has 1 aromatic heterocycles. The lowest BCUT2D eigenvalue weighted by Gasteiger charge is -2.17. The van der Waals surface area contributed by atoms with Crippen molar-refractivity contribution in [2.24, 2.45) is 7.05 Å². The maximum atomic E-state index is 13.1. The number of anilines is 1. The standard InChI is InChI=1S/C13H14F2N4O/c1-18(7-8-3-4-9(14)10(15)5-8)13(20)12-11(16)6-17-19(12)2/h3-6H,7,16H2,1-2H3. The van der Waals surface area contributed by atoms with E-state index in [4.69, 9.17) is 5.73 Å². The van der Waals surface area contributed by atoms with Crippen molar-refractivity contribution < 1.29 is 13.6 Å². The summed E-state index contributed by atoms with van der Waals surface area (Å²) in [6.07, 6.45) is 1.39. The van der Waals surface area contributed by atoms with Crippen LogP contribution in [0, 0.1) is 11.6 Å². The molecule has 2 rings (SSSR count). The molecule has 0 saturated carbocycles. The highest BCUT2D eigenvalue weighted by molar-refractivity contribution is 5.97. The number of rotatable bonds is 3. The van der Waals surface area contributed by atoms with Gasteiger partial charge in [-0.3, -0.25) is 9.48 Å². The highest BCUT2D eigenvalue weighted by Gasteiger charge is 2.19. The van der Waals surface area contributed by atoms with Gasteiger partial charge in [-0.2, -0.15) is 5.10 Å². The highest BCUT2D eigenvalue weighted by Crippen LogP contribution is 2.15. The van der Waals surface area contributed by atoms with Crippen molar-refractivity contribution in [1.82, 2.24) is 14.7 Å². The SMILES string of the molecule is CN(Cc1ccc(F)c(F)c1)C(=O)c1c(N)cnn1C. The van der Waals surface area contributed by atoms with E-state index in [0.717, 1.165) is 12.1 Å². The molecule has 106 valence electrons. The van der Waals surface area contributed by atoms with E-state index in [0.29, 0.717) is 5.56 Å². The molecule has 5 nitrogen and oxygen atoms in total. The molecule has 1 amide bonds. The van der Waals surface area contributed by atoms with Gasteiger partial charge in [0.1, 0.15) is 5.69 Å². The summed E-state index contributed by atoms with van der Waals surface area (Å²) < 4.78 is 27.3. The van der Waals surface area contributed by atoms with Gasteiger partial charge in [-0.15, -0.1) is 0 Å². The van der Waals surface area contributed by atoms with Gasteiger partial charge in [-0.1, -0.05) is 6.07 Å². The number of halogens is 2. The van der Waals surface area contributed by atoms with Crippen LogP contribution in [0.5, 0.6) is 0 Å². The average Bonchev–Trinajstić information content (AvgIpc) is 2.72. The van der Waals surface area contributed by atoms with Crippen LogP contribution >= 0.6 is 0 Å². The number of carbonyl (C=O) groups excluding carboxylic acids is 1. The fourth-order valence-corrected chi connectivity index (χ4v) is 1.88. The summed E-state index contributed by atoms with van der Waals surface area (Å²) in [6, 6.07) is 3.52. The largest absolute Gasteiger partial charge is 0.396 e. The van der Waals surface area contributed by atoms with Crippen LogP contribution in [0.2, 0.25) is 0 Å². The first-order valence-electron chi connectivity index (χ1n) is 5.87. The van der Waals surface area contributed by atoms with Crippen molar-refractivity contribution >= 4 is 11.6 Å². The molecule has 0 spiro atoms. The van der Waals surface area contributed by atoms with Crippen LogP contribution in [-0.4, -0.2) is 27.6 Å². The van der Waals surface area contributed by atoms with Crippen molar-refractivity contribution in [1.29, 1.82) is 0 Å². The number of aryl methyl sites for hydroxylation is 1. The zero-order chi connectivity index (χ0) is 14.9. The monoisotopic (exact) mass is 280 g/mol. The van der Waals surface area contributed by atoms with E-state index in [1.54, 1.807) is 14.1 Å². The van der Waals surface area contributed by atoms with Crippen LogP contribution in [0.15, 0.2) is 24.4 Å². The molecule has 0 unspecified atom stereocenters. The van der Waals surface area contributed by atoms with Crippen molar-refractivity contribution in [2.45, 2.75) is 6.54 Å². The first-order chi connectivity index (χ1) is 9.40. The second-order valence-electron chi connectivity index (χ2n) is 4.48. The number of nitrogen functional groups attached to an aromatic ring is 1. The minimum Gasteiger partial charge on any atom is -0.396 e. The van der Waals surface area contributed by atoms with E-state index in [1.165, 1.54) is 21.8 Å². The third kappa shape index (κ3) is 2.61. The minimum absolute atomic E-state index is 0.140. The van der Waals surface area contributed by atoms with E-state index in [-0.39, 0.29) is 23.8 Å². The molecule has 7 heteroatoms. The first-order valence-corrected chi connectivity index (χ1v) is 5.87. The average molecular weight is 280 g/mol. The van der Waals surface area contributed by atoms with Crippen molar-refractivity contribution in [2.75, 3.05) is 12.8 Å². The Morgan fingerprint density at radius 1 is 1.40 bits per heavy atom. The summed E-state index contributed by atoms with van der Waals surface area (Å²) in [5.41, 5.74) is 6.70. The van der Waals surface area contributed by atoms with Gasteiger partial charge in [0.2, 0.25) is 0 Å². The maximum Gasteiger partial charge on any atom is 0.274 e. The molecule has 0 aliphatic carbocycles. The van der Waals surface area contributed by atoms with E-state index in [2.05, 4.69) is 5.10 Å². The zero-order valence-electron chi connectivity index (χ0n) is 11.1. The minimum atomic E-state index is -0.941. The van der Waals surface area contributed by atoms with Gasteiger partial charge in [0.15, 0.2) is 11.6 Å². The number of hydrogen-bond donors (Lipinski definition) is 1. The van der Waals surface area contributed by atoms with Crippen LogP contribution in [0.1, 0.15) is 16.1 Å². The fraction of sp³-hybridized carbons (Fsp3) is 0.231. The van der Waals surface area contributed by atoms with Gasteiger partial charge in [0, 0.05) is 20.6 Å². The maximum absolute atomic E-state index is 13.1. The van der Waals surface area contributed by atoms with E-state index in [9.17, 15) is 13.6 Å². The van der Waals surface area contributed by atoms with Crippen molar-refractivity contribution in [3.8, 4) is 0 Å². The van der Waals surface area contributed by atoms with E-state index >= 15 is 0 Å². The molecule has 2 aromatic rings. The Balaban J connectivity index is 2.17. The third-order valence-corrected chi connectivity index (χ3v) is 2.92. The molecule has 1 aromatic carbocycles. The second kappa shape index (κ2) is 5.28. The number of hydrogen-bond acceptors (Lipinski definition) is 3. The van der Waals surface area contributed by atoms with Crippen LogP contribution in [0.25, 0.3) is 0 Å². The number of nitrogens with zero attached hydrogens (tertiary/aromatic N) is 3. The molecule has 0 aliphatic heterocycles. The Morgan fingerprint density at radius 3 is 2.65 bits per heavy atom. The number of aromatic nitrogens is 2. The molecule has 2 N–H and O–H groups in total. The molecule has 0 atom stereocenters. The van der Waals surface area contributed by atoms with Crippen LogP contribution in [0.4, 0.5) is 14.5 Å². The van der Waals surface area contributed by atoms with Gasteiger partial charge in [-0.05, 0) is 17.7 Å². The third-order valence-electron chi connectivity index (χ3n) is 2.92. The molecule has 0 bridgehead atoms. The van der Waals surface area contributed by atoms with Crippen molar-refractivity contribution in [3.05, 3.63) is 47.3 Å². The molecular formula is C13H14F2N4O. The molecular weight excluding hydrogens is 266 g/mol. The number of carbonyl (C=O) groups is 1. The highest BCUT2D eigenvalue weighted by atomic mass is 19.2. The summed E-state index contributed by atoms with van der Waals surface area (Å²) in [5.74, 6) is -2.20. The topological polar surface area (TPSA) is 64.2 Å². The Kier molecular flexibility index (Phi) is 3.69. The van der Waals surface area contributed by atoms with Gasteiger partial charge in [0.05, 0.1) is 11.9 Å². The lowest BCUT2D eigenvalue weighted by Crippen LogP contribution is -2.28. The number of benzene rings is 1. The van der Waals surface area contributed by atoms with Gasteiger partial charge in [0.25, 0.3) is 5.91 Å². The van der Waals surface area contributed by atoms with E-state index in [1.807, 2.05) is 0 Å². The molecule has 0 aliphatic rings. The molecule has 1 heterocycles. The van der Waals surface area contributed by atoms with Crippen LogP contribution in [-0.2, 0) is 13.6 Å². The lowest BCUT2D eigenvalue weighted by atomic mass is 10.2. The lowest BCUT2D eigenvalue weighted by molar-refractivity contribution is 0.0775. The Labute approximate surface area is 114 Å². The number of amides is 1. The van der Waals surface area contributed by atoms with Gasteiger partial charge >= 0.3 is 0 Å². The Hall–Kier alpha value is -2.44. The van der Waals surface area contributed by atoms with Crippen molar-refractivity contribution in [3.63, 3.8) is 0 Å². The molecule has 0 fully saturated rings. The predicted octanol–water partition coefficient (Wildman–Crippen LogP) is 1.55. The fourth-order valence-electron chi connectivity index (χ4n) is 1.88. The Bertz CT molecular complexity index is 634. The summed E-state index contributed by atoms with van der Waals surface area (Å²) in [4.78, 5) is 13.6. The molecule has 20 heavy (non-hydrogen) atoms. The quantitative estimate of drug-likeness (QED) is 0.927. The summed E-state index contributed by atoms with van der Waals surface area (Å²) in [7, 11) is 3.16. The summed E-state index contributed by atoms with van der Waals surface area (Å²) in [5, 5.41) is 3.89. The second-order valence-corrected chi connectivity index (χ2v) is 4.48. The summed E-state index contributed by atoms with van der Waals surface area (Å²) in [6.45, 7) is 0.140. The summed E-state index contributed by atoms with van der Waals surface area (Å²) >= 11 is 0. The van der Waals surface area contributed by atoms with Gasteiger partial charge < -0.3 is 10.6 Å². The van der Waals surface area contributed by atoms with Gasteiger partial charge in [-0.25, -0.2) is 8.78 Å². The van der Waals surface area contributed by atoms with Crippen LogP contribution < -0.4 is 5.73 Å². The number of nitrogens with two attached hydrogens (primary N) is 1. The van der Waals surface area contributed by atoms with E-state index < -0.39 is 11.6 Å². The van der Waals surface area contributed by atoms with Crippen LogP contribution in [0.3, 0.4) is 0 Å².